The molecule has 5 heteroatoms. The molecule has 17 heavy (non-hydrogen) atoms. The predicted molar refractivity (Wildman–Crippen MR) is 60.8 cm³/mol. The van der Waals surface area contributed by atoms with Crippen LogP contribution in [0.5, 0.6) is 0 Å². The fourth-order valence-electron chi connectivity index (χ4n) is 2.86. The first-order valence-corrected chi connectivity index (χ1v) is 6.13. The van der Waals surface area contributed by atoms with Crippen LogP contribution in [0.15, 0.2) is 0 Å². The average molecular weight is 235 g/mol. The zero-order valence-corrected chi connectivity index (χ0v) is 10.0. The second kappa shape index (κ2) is 4.36. The highest BCUT2D eigenvalue weighted by Gasteiger charge is 2.54. The van der Waals surface area contributed by atoms with Crippen molar-refractivity contribution < 1.29 is 9.59 Å². The number of hydrogen-bond acceptors (Lipinski definition) is 3. The van der Waals surface area contributed by atoms with Gasteiger partial charge in [0.25, 0.3) is 5.91 Å². The molecule has 1 aliphatic carbocycles. The predicted octanol–water partition coefficient (Wildman–Crippen LogP) is 1.40. The molecule has 0 unspecified atom stereocenters. The lowest BCUT2D eigenvalue weighted by molar-refractivity contribution is -0.134. The van der Waals surface area contributed by atoms with Gasteiger partial charge in [-0.3, -0.25) is 9.69 Å². The Morgan fingerprint density at radius 3 is 2.94 bits per heavy atom. The van der Waals surface area contributed by atoms with E-state index in [1.54, 1.807) is 0 Å². The highest BCUT2D eigenvalue weighted by atomic mass is 16.2. The van der Waals surface area contributed by atoms with E-state index in [0.29, 0.717) is 0 Å². The minimum absolute atomic E-state index is 0.134. The van der Waals surface area contributed by atoms with Crippen molar-refractivity contribution in [2.24, 2.45) is 5.92 Å². The number of carbonyl (C=O) groups is 2. The van der Waals surface area contributed by atoms with Crippen molar-refractivity contribution >= 4 is 11.9 Å². The van der Waals surface area contributed by atoms with Gasteiger partial charge in [0.05, 0.1) is 12.5 Å². The fraction of sp³-hybridized carbons (Fsp3) is 0.750. The quantitative estimate of drug-likeness (QED) is 0.735. The number of hydrogen-bond donors (Lipinski definition) is 1. The summed E-state index contributed by atoms with van der Waals surface area (Å²) in [4.78, 5) is 25.3. The van der Waals surface area contributed by atoms with Gasteiger partial charge >= 0.3 is 6.03 Å². The summed E-state index contributed by atoms with van der Waals surface area (Å²) in [5.41, 5.74) is -0.690. The largest absolute Gasteiger partial charge is 0.325 e. The molecule has 0 aromatic rings. The Morgan fingerprint density at radius 1 is 1.53 bits per heavy atom. The zero-order chi connectivity index (χ0) is 12.5. The van der Waals surface area contributed by atoms with Gasteiger partial charge in [-0.15, -0.1) is 0 Å². The van der Waals surface area contributed by atoms with Crippen molar-refractivity contribution in [1.29, 1.82) is 5.26 Å². The summed E-state index contributed by atoms with van der Waals surface area (Å²) in [5.74, 6) is 0.0461. The van der Waals surface area contributed by atoms with Gasteiger partial charge in [0.2, 0.25) is 0 Å². The van der Waals surface area contributed by atoms with Gasteiger partial charge in [-0.25, -0.2) is 4.79 Å². The molecule has 1 heterocycles. The zero-order valence-electron chi connectivity index (χ0n) is 10.0. The molecule has 2 atom stereocenters. The molecule has 1 spiro atoms. The first kappa shape index (κ1) is 11.9. The highest BCUT2D eigenvalue weighted by molar-refractivity contribution is 6.07. The summed E-state index contributed by atoms with van der Waals surface area (Å²) in [6.07, 6.45) is 3.98. The van der Waals surface area contributed by atoms with E-state index < -0.39 is 5.54 Å². The number of urea groups is 1. The van der Waals surface area contributed by atoms with Crippen molar-refractivity contribution in [2.45, 2.75) is 44.6 Å². The summed E-state index contributed by atoms with van der Waals surface area (Å²) in [6, 6.07) is 1.63. The van der Waals surface area contributed by atoms with Crippen LogP contribution in [0, 0.1) is 17.2 Å². The van der Waals surface area contributed by atoms with Crippen molar-refractivity contribution in [2.75, 3.05) is 6.54 Å². The molecule has 2 aliphatic rings. The van der Waals surface area contributed by atoms with Gasteiger partial charge in [0, 0.05) is 6.54 Å². The molecule has 0 radical (unpaired) electrons. The third kappa shape index (κ3) is 1.78. The third-order valence-electron chi connectivity index (χ3n) is 3.95. The van der Waals surface area contributed by atoms with Crippen molar-refractivity contribution in [3.05, 3.63) is 0 Å². The molecular weight excluding hydrogens is 218 g/mol. The van der Waals surface area contributed by atoms with Crippen LogP contribution < -0.4 is 5.32 Å². The first-order chi connectivity index (χ1) is 8.12. The van der Waals surface area contributed by atoms with E-state index in [4.69, 9.17) is 5.26 Å². The molecule has 2 fully saturated rings. The number of nitriles is 1. The van der Waals surface area contributed by atoms with Crippen LogP contribution in [0.25, 0.3) is 0 Å². The minimum Gasteiger partial charge on any atom is -0.323 e. The van der Waals surface area contributed by atoms with Gasteiger partial charge in [0.1, 0.15) is 5.54 Å². The number of carbonyl (C=O) groups excluding carboxylic acids is 2. The van der Waals surface area contributed by atoms with Crippen LogP contribution in [0.4, 0.5) is 4.79 Å². The molecule has 0 aromatic heterocycles. The lowest BCUT2D eigenvalue weighted by Crippen LogP contribution is -2.53. The SMILES string of the molecule is C[C@@H]1CCCC[C@@]12NC(=O)N(CCC#N)C2=O. The van der Waals surface area contributed by atoms with Crippen LogP contribution in [-0.4, -0.2) is 28.9 Å². The number of nitrogens with one attached hydrogen (secondary N) is 1. The van der Waals surface area contributed by atoms with Gasteiger partial charge in [0.15, 0.2) is 0 Å². The second-order valence-electron chi connectivity index (χ2n) is 4.91. The molecule has 0 aromatic carbocycles. The molecule has 5 nitrogen and oxygen atoms in total. The summed E-state index contributed by atoms with van der Waals surface area (Å²) < 4.78 is 0. The molecular formula is C12H17N3O2. The van der Waals surface area contributed by atoms with E-state index in [1.165, 1.54) is 4.90 Å². The monoisotopic (exact) mass is 235 g/mol. The van der Waals surface area contributed by atoms with Gasteiger partial charge in [-0.05, 0) is 18.8 Å². The maximum atomic E-state index is 12.3. The normalized spacial score (nSPS) is 32.7. The maximum Gasteiger partial charge on any atom is 0.325 e. The Balaban J connectivity index is 2.19. The fourth-order valence-corrected chi connectivity index (χ4v) is 2.86. The number of imide groups is 1. The lowest BCUT2D eigenvalue weighted by atomic mass is 9.73. The van der Waals surface area contributed by atoms with E-state index in [9.17, 15) is 9.59 Å². The van der Waals surface area contributed by atoms with E-state index in [1.807, 2.05) is 13.0 Å². The molecule has 2 rings (SSSR count). The maximum absolute atomic E-state index is 12.3. The van der Waals surface area contributed by atoms with Crippen LogP contribution in [-0.2, 0) is 4.79 Å². The van der Waals surface area contributed by atoms with Crippen LogP contribution >= 0.6 is 0 Å². The van der Waals surface area contributed by atoms with E-state index in [2.05, 4.69) is 5.32 Å². The number of nitrogens with zero attached hydrogens (tertiary/aromatic N) is 2. The molecule has 1 aliphatic heterocycles. The van der Waals surface area contributed by atoms with Gasteiger partial charge in [-0.2, -0.15) is 5.26 Å². The number of rotatable bonds is 2. The highest BCUT2D eigenvalue weighted by Crippen LogP contribution is 2.38. The van der Waals surface area contributed by atoms with E-state index in [-0.39, 0.29) is 30.8 Å². The first-order valence-electron chi connectivity index (χ1n) is 6.13. The van der Waals surface area contributed by atoms with Gasteiger partial charge in [-0.1, -0.05) is 19.8 Å². The lowest BCUT2D eigenvalue weighted by Gasteiger charge is -2.36. The van der Waals surface area contributed by atoms with E-state index >= 15 is 0 Å². The summed E-state index contributed by atoms with van der Waals surface area (Å²) >= 11 is 0. The Kier molecular flexibility index (Phi) is 3.05. The van der Waals surface area contributed by atoms with Crippen LogP contribution in [0.1, 0.15) is 39.0 Å². The molecule has 0 bridgehead atoms. The third-order valence-corrected chi connectivity index (χ3v) is 3.95. The Bertz CT molecular complexity index is 388. The minimum atomic E-state index is -0.690. The Morgan fingerprint density at radius 2 is 2.29 bits per heavy atom. The van der Waals surface area contributed by atoms with Gasteiger partial charge < -0.3 is 5.32 Å². The smallest absolute Gasteiger partial charge is 0.323 e. The average Bonchev–Trinajstić information content (AvgIpc) is 2.54. The standard InChI is InChI=1S/C12H17N3O2/c1-9-5-2-3-6-12(9)10(16)15(8-4-7-13)11(17)14-12/h9H,2-6,8H2,1H3,(H,14,17)/t9-,12-/m1/s1. The van der Waals surface area contributed by atoms with Crippen LogP contribution in [0.3, 0.4) is 0 Å². The molecule has 92 valence electrons. The van der Waals surface area contributed by atoms with Crippen molar-refractivity contribution in [1.82, 2.24) is 10.2 Å². The number of amides is 3. The topological polar surface area (TPSA) is 73.2 Å². The molecule has 1 N–H and O–H groups in total. The van der Waals surface area contributed by atoms with Crippen molar-refractivity contribution in [3.63, 3.8) is 0 Å². The summed E-state index contributed by atoms with van der Waals surface area (Å²) in [5, 5.41) is 11.4. The summed E-state index contributed by atoms with van der Waals surface area (Å²) in [6.45, 7) is 2.22. The molecule has 3 amide bonds. The van der Waals surface area contributed by atoms with E-state index in [0.717, 1.165) is 25.7 Å². The Hall–Kier alpha value is -1.57. The van der Waals surface area contributed by atoms with Crippen LogP contribution in [0.2, 0.25) is 0 Å². The summed E-state index contributed by atoms with van der Waals surface area (Å²) in [7, 11) is 0. The second-order valence-corrected chi connectivity index (χ2v) is 4.91. The molecule has 1 saturated carbocycles. The Labute approximate surface area is 101 Å². The molecule has 1 saturated heterocycles. The van der Waals surface area contributed by atoms with Crippen molar-refractivity contribution in [3.8, 4) is 6.07 Å².